The number of nitrogens with zero attached hydrogens (tertiary/aromatic N) is 4. The van der Waals surface area contributed by atoms with Crippen LogP contribution in [0.2, 0.25) is 0 Å². The number of hydrogen-bond donors (Lipinski definition) is 1. The molecule has 0 amide bonds. The minimum Gasteiger partial charge on any atom is -0.338 e. The summed E-state index contributed by atoms with van der Waals surface area (Å²) in [7, 11) is -3.68. The van der Waals surface area contributed by atoms with Crippen LogP contribution in [0.1, 0.15) is 37.9 Å². The van der Waals surface area contributed by atoms with Crippen molar-refractivity contribution in [1.29, 1.82) is 0 Å². The summed E-state index contributed by atoms with van der Waals surface area (Å²) in [5.74, 6) is 1.00. The largest absolute Gasteiger partial charge is 0.338 e. The van der Waals surface area contributed by atoms with E-state index in [0.717, 1.165) is 38.3 Å². The Kier molecular flexibility index (Phi) is 6.20. The van der Waals surface area contributed by atoms with Gasteiger partial charge in [-0.15, -0.1) is 0 Å². The van der Waals surface area contributed by atoms with Crippen LogP contribution in [0, 0.1) is 6.92 Å². The van der Waals surface area contributed by atoms with Gasteiger partial charge in [0.2, 0.25) is 5.95 Å². The first-order valence-corrected chi connectivity index (χ1v) is 11.2. The van der Waals surface area contributed by atoms with E-state index in [4.69, 9.17) is 0 Å². The number of hydrogen-bond acceptors (Lipinski definition) is 6. The molecular weight excluding hydrogens is 374 g/mol. The first-order chi connectivity index (χ1) is 13.3. The molecule has 0 bridgehead atoms. The molecule has 0 unspecified atom stereocenters. The van der Waals surface area contributed by atoms with Gasteiger partial charge in [-0.2, -0.15) is 0 Å². The Hall–Kier alpha value is -2.19. The van der Waals surface area contributed by atoms with Crippen LogP contribution >= 0.6 is 0 Å². The first-order valence-electron chi connectivity index (χ1n) is 9.74. The lowest BCUT2D eigenvalue weighted by molar-refractivity contribution is 0.270. The number of aromatic nitrogens is 2. The van der Waals surface area contributed by atoms with Crippen molar-refractivity contribution >= 4 is 21.7 Å². The highest BCUT2D eigenvalue weighted by Crippen LogP contribution is 2.22. The van der Waals surface area contributed by atoms with E-state index in [-0.39, 0.29) is 4.90 Å². The Bertz CT molecular complexity index is 905. The number of anilines is 2. The van der Waals surface area contributed by atoms with Crippen molar-refractivity contribution in [3.8, 4) is 0 Å². The van der Waals surface area contributed by atoms with E-state index in [9.17, 15) is 8.42 Å². The number of likely N-dealkylation sites (N-methyl/N-ethyl adjacent to an activating group) is 1. The van der Waals surface area contributed by atoms with Crippen LogP contribution < -0.4 is 9.62 Å². The summed E-state index contributed by atoms with van der Waals surface area (Å²) in [6.07, 6.45) is 1.56. The monoisotopic (exact) mass is 403 g/mol. The molecule has 8 heteroatoms. The number of nitrogens with one attached hydrogen (secondary N) is 1. The molecule has 0 spiro atoms. The zero-order valence-electron chi connectivity index (χ0n) is 17.0. The van der Waals surface area contributed by atoms with Crippen molar-refractivity contribution in [1.82, 2.24) is 14.9 Å². The fraction of sp³-hybridized carbons (Fsp3) is 0.500. The molecule has 28 heavy (non-hydrogen) atoms. The Labute approximate surface area is 167 Å². The van der Waals surface area contributed by atoms with Crippen molar-refractivity contribution in [2.24, 2.45) is 0 Å². The fourth-order valence-electron chi connectivity index (χ4n) is 3.21. The van der Waals surface area contributed by atoms with Gasteiger partial charge >= 0.3 is 0 Å². The molecule has 0 aliphatic carbocycles. The van der Waals surface area contributed by atoms with E-state index in [1.807, 2.05) is 12.1 Å². The summed E-state index contributed by atoms with van der Waals surface area (Å²) in [5, 5.41) is 0. The number of aryl methyl sites for hydroxylation is 1. The maximum Gasteiger partial charge on any atom is 0.262 e. The minimum absolute atomic E-state index is 0.232. The maximum atomic E-state index is 12.7. The molecule has 3 rings (SSSR count). The molecule has 1 aliphatic heterocycles. The van der Waals surface area contributed by atoms with Gasteiger partial charge in [0.05, 0.1) is 22.5 Å². The Morgan fingerprint density at radius 3 is 2.29 bits per heavy atom. The Morgan fingerprint density at radius 1 is 1.11 bits per heavy atom. The van der Waals surface area contributed by atoms with Gasteiger partial charge in [-0.25, -0.2) is 18.4 Å². The summed E-state index contributed by atoms with van der Waals surface area (Å²) in [4.78, 5) is 13.7. The summed E-state index contributed by atoms with van der Waals surface area (Å²) >= 11 is 0. The van der Waals surface area contributed by atoms with Crippen molar-refractivity contribution in [2.45, 2.75) is 38.5 Å². The molecule has 1 aromatic carbocycles. The quantitative estimate of drug-likeness (QED) is 0.799. The van der Waals surface area contributed by atoms with Gasteiger partial charge in [0, 0.05) is 26.2 Å². The molecule has 1 N–H and O–H groups in total. The van der Waals surface area contributed by atoms with Gasteiger partial charge in [0.15, 0.2) is 0 Å². The third-order valence-electron chi connectivity index (χ3n) is 5.17. The van der Waals surface area contributed by atoms with Crippen molar-refractivity contribution in [2.75, 3.05) is 42.3 Å². The molecule has 7 nitrogen and oxygen atoms in total. The second kappa shape index (κ2) is 8.45. The van der Waals surface area contributed by atoms with E-state index in [2.05, 4.69) is 45.3 Å². The normalized spacial score (nSPS) is 15.8. The topological polar surface area (TPSA) is 78.4 Å². The van der Waals surface area contributed by atoms with Gasteiger partial charge in [-0.1, -0.05) is 32.9 Å². The zero-order chi connectivity index (χ0) is 20.3. The molecule has 1 aromatic heterocycles. The maximum absolute atomic E-state index is 12.7. The standard InChI is InChI=1S/C20H29N5O2S/c1-5-24-10-12-25(13-11-24)20-21-14-19(16(4)22-20)23-28(26,27)18-8-6-17(7-9-18)15(2)3/h6-9,14-15,23H,5,10-13H2,1-4H3. The van der Waals surface area contributed by atoms with Crippen molar-refractivity contribution in [3.63, 3.8) is 0 Å². The lowest BCUT2D eigenvalue weighted by Gasteiger charge is -2.34. The van der Waals surface area contributed by atoms with E-state index in [1.54, 1.807) is 25.3 Å². The number of rotatable bonds is 6. The van der Waals surface area contributed by atoms with Crippen LogP contribution in [-0.4, -0.2) is 56.0 Å². The first kappa shape index (κ1) is 20.5. The molecule has 2 aromatic rings. The van der Waals surface area contributed by atoms with Crippen LogP contribution in [0.25, 0.3) is 0 Å². The zero-order valence-corrected chi connectivity index (χ0v) is 17.8. The molecule has 1 saturated heterocycles. The highest BCUT2D eigenvalue weighted by molar-refractivity contribution is 7.92. The molecule has 0 saturated carbocycles. The van der Waals surface area contributed by atoms with E-state index >= 15 is 0 Å². The molecule has 1 aliphatic rings. The third-order valence-corrected chi connectivity index (χ3v) is 6.55. The predicted octanol–water partition coefficient (Wildman–Crippen LogP) is 2.85. The van der Waals surface area contributed by atoms with Crippen LogP contribution in [0.4, 0.5) is 11.6 Å². The molecular formula is C20H29N5O2S. The van der Waals surface area contributed by atoms with E-state index < -0.39 is 10.0 Å². The average molecular weight is 404 g/mol. The lowest BCUT2D eigenvalue weighted by atomic mass is 10.0. The van der Waals surface area contributed by atoms with Gasteiger partial charge < -0.3 is 9.80 Å². The lowest BCUT2D eigenvalue weighted by Crippen LogP contribution is -2.46. The fourth-order valence-corrected chi connectivity index (χ4v) is 4.31. The smallest absolute Gasteiger partial charge is 0.262 e. The van der Waals surface area contributed by atoms with E-state index in [0.29, 0.717) is 23.2 Å². The Morgan fingerprint density at radius 2 is 1.75 bits per heavy atom. The number of sulfonamides is 1. The minimum atomic E-state index is -3.68. The molecule has 0 radical (unpaired) electrons. The van der Waals surface area contributed by atoms with E-state index in [1.165, 1.54) is 0 Å². The SMILES string of the molecule is CCN1CCN(c2ncc(NS(=O)(=O)c3ccc(C(C)C)cc3)c(C)n2)CC1. The summed E-state index contributed by atoms with van der Waals surface area (Å²) in [5.41, 5.74) is 2.13. The van der Waals surface area contributed by atoms with Gasteiger partial charge in [-0.05, 0) is 37.1 Å². The van der Waals surface area contributed by atoms with Crippen molar-refractivity contribution < 1.29 is 8.42 Å². The highest BCUT2D eigenvalue weighted by atomic mass is 32.2. The summed E-state index contributed by atoms with van der Waals surface area (Å²) < 4.78 is 28.0. The molecule has 1 fully saturated rings. The van der Waals surface area contributed by atoms with Crippen LogP contribution in [0.3, 0.4) is 0 Å². The van der Waals surface area contributed by atoms with Gasteiger partial charge in [0.25, 0.3) is 10.0 Å². The Balaban J connectivity index is 1.73. The number of piperazine rings is 1. The van der Waals surface area contributed by atoms with Crippen LogP contribution in [-0.2, 0) is 10.0 Å². The van der Waals surface area contributed by atoms with Crippen LogP contribution in [0.15, 0.2) is 35.4 Å². The second-order valence-corrected chi connectivity index (χ2v) is 9.10. The van der Waals surface area contributed by atoms with Gasteiger partial charge in [-0.3, -0.25) is 4.72 Å². The summed E-state index contributed by atoms with van der Waals surface area (Å²) in [6, 6.07) is 6.97. The highest BCUT2D eigenvalue weighted by Gasteiger charge is 2.20. The van der Waals surface area contributed by atoms with Crippen molar-refractivity contribution in [3.05, 3.63) is 41.7 Å². The molecule has 152 valence electrons. The van der Waals surface area contributed by atoms with Gasteiger partial charge in [0.1, 0.15) is 0 Å². The summed E-state index contributed by atoms with van der Waals surface area (Å²) in [6.45, 7) is 12.9. The molecule has 0 atom stereocenters. The number of benzene rings is 1. The second-order valence-electron chi connectivity index (χ2n) is 7.42. The van der Waals surface area contributed by atoms with Crippen LogP contribution in [0.5, 0.6) is 0 Å². The molecule has 2 heterocycles. The third kappa shape index (κ3) is 4.62. The average Bonchev–Trinajstić information content (AvgIpc) is 2.69. The predicted molar refractivity (Wildman–Crippen MR) is 112 cm³/mol.